The molecule has 1 saturated heterocycles. The number of amides is 1. The van der Waals surface area contributed by atoms with Gasteiger partial charge in [-0.05, 0) is 36.6 Å². The first kappa shape index (κ1) is 17.5. The Balaban J connectivity index is 1.45. The molecule has 0 spiro atoms. The average molecular weight is 365 g/mol. The van der Waals surface area contributed by atoms with Gasteiger partial charge in [-0.3, -0.25) is 14.7 Å². The second kappa shape index (κ2) is 7.75. The number of rotatable bonds is 6. The molecule has 1 aliphatic rings. The summed E-state index contributed by atoms with van der Waals surface area (Å²) in [4.78, 5) is 23.9. The minimum absolute atomic E-state index is 0.0120. The molecule has 0 bridgehead atoms. The predicted octanol–water partition coefficient (Wildman–Crippen LogP) is 2.18. The molecule has 0 atom stereocenters. The topological polar surface area (TPSA) is 76.2 Å². The third-order valence-corrected chi connectivity index (χ3v) is 5.24. The van der Waals surface area contributed by atoms with Crippen LogP contribution in [-0.4, -0.2) is 38.4 Å². The number of pyridine rings is 1. The normalized spacial score (nSPS) is 16.9. The van der Waals surface area contributed by atoms with Crippen LogP contribution in [0.2, 0.25) is 0 Å². The standard InChI is InChI=1S/C20H23N5O2/c26-19(23-14-18-4-2-12-27-18)20(25-11-8-22-16-25)5-9-24(10-6-20)15-17-3-1-7-21-13-17/h1-4,7-8,11-13,16H,5-6,9-10,14-15H2,(H,23,26). The number of hydrogen-bond acceptors (Lipinski definition) is 5. The molecular formula is C20H23N5O2. The maximum Gasteiger partial charge on any atom is 0.246 e. The Hall–Kier alpha value is -2.93. The van der Waals surface area contributed by atoms with E-state index in [0.717, 1.165) is 38.2 Å². The predicted molar refractivity (Wildman–Crippen MR) is 99.5 cm³/mol. The third-order valence-electron chi connectivity index (χ3n) is 5.24. The Labute approximate surface area is 158 Å². The van der Waals surface area contributed by atoms with Gasteiger partial charge in [0.15, 0.2) is 0 Å². The van der Waals surface area contributed by atoms with Crippen LogP contribution in [0.15, 0.2) is 66.1 Å². The highest BCUT2D eigenvalue weighted by Crippen LogP contribution is 2.31. The van der Waals surface area contributed by atoms with Gasteiger partial charge in [0, 0.05) is 44.4 Å². The second-order valence-corrected chi connectivity index (χ2v) is 6.90. The smallest absolute Gasteiger partial charge is 0.246 e. The minimum atomic E-state index is -0.617. The second-order valence-electron chi connectivity index (χ2n) is 6.90. The summed E-state index contributed by atoms with van der Waals surface area (Å²) in [7, 11) is 0. The van der Waals surface area contributed by atoms with Gasteiger partial charge in [0.05, 0.1) is 19.1 Å². The van der Waals surface area contributed by atoms with Crippen molar-refractivity contribution < 1.29 is 9.21 Å². The van der Waals surface area contributed by atoms with Crippen LogP contribution in [0.5, 0.6) is 0 Å². The highest BCUT2D eigenvalue weighted by Gasteiger charge is 2.42. The maximum absolute atomic E-state index is 13.1. The highest BCUT2D eigenvalue weighted by atomic mass is 16.3. The van der Waals surface area contributed by atoms with Crippen LogP contribution < -0.4 is 5.32 Å². The van der Waals surface area contributed by atoms with Crippen molar-refractivity contribution in [1.29, 1.82) is 0 Å². The van der Waals surface area contributed by atoms with E-state index in [1.54, 1.807) is 25.0 Å². The number of carbonyl (C=O) groups is 1. The first-order valence-corrected chi connectivity index (χ1v) is 9.17. The molecule has 7 nitrogen and oxygen atoms in total. The fourth-order valence-electron chi connectivity index (χ4n) is 3.69. The molecule has 0 aliphatic carbocycles. The van der Waals surface area contributed by atoms with E-state index < -0.39 is 5.54 Å². The molecule has 3 aromatic heterocycles. The summed E-state index contributed by atoms with van der Waals surface area (Å²) in [6, 6.07) is 7.72. The van der Waals surface area contributed by atoms with Crippen LogP contribution in [0.1, 0.15) is 24.2 Å². The zero-order chi connectivity index (χ0) is 18.5. The molecule has 1 amide bonds. The number of aromatic nitrogens is 3. The van der Waals surface area contributed by atoms with Gasteiger partial charge in [-0.25, -0.2) is 4.98 Å². The molecule has 27 heavy (non-hydrogen) atoms. The van der Waals surface area contributed by atoms with E-state index in [4.69, 9.17) is 4.42 Å². The summed E-state index contributed by atoms with van der Waals surface area (Å²) in [6.07, 6.45) is 12.1. The molecule has 1 N–H and O–H groups in total. The fraction of sp³-hybridized carbons (Fsp3) is 0.350. The number of imidazole rings is 1. The van der Waals surface area contributed by atoms with Gasteiger partial charge in [-0.2, -0.15) is 0 Å². The molecule has 0 aromatic carbocycles. The van der Waals surface area contributed by atoms with Gasteiger partial charge in [-0.1, -0.05) is 6.07 Å². The van der Waals surface area contributed by atoms with Crippen molar-refractivity contribution in [2.45, 2.75) is 31.5 Å². The SMILES string of the molecule is O=C(NCc1ccco1)C1(n2ccnc2)CCN(Cc2cccnc2)CC1. The van der Waals surface area contributed by atoms with Crippen molar-refractivity contribution in [1.82, 2.24) is 24.8 Å². The number of piperidine rings is 1. The molecular weight excluding hydrogens is 342 g/mol. The summed E-state index contributed by atoms with van der Waals surface area (Å²) in [6.45, 7) is 2.91. The van der Waals surface area contributed by atoms with Gasteiger partial charge in [-0.15, -0.1) is 0 Å². The van der Waals surface area contributed by atoms with E-state index in [-0.39, 0.29) is 5.91 Å². The summed E-state index contributed by atoms with van der Waals surface area (Å²) < 4.78 is 7.28. The Morgan fingerprint density at radius 3 is 2.74 bits per heavy atom. The van der Waals surface area contributed by atoms with Gasteiger partial charge < -0.3 is 14.3 Å². The Bertz CT molecular complexity index is 838. The molecule has 7 heteroatoms. The summed E-state index contributed by atoms with van der Waals surface area (Å²) in [5.74, 6) is 0.760. The van der Waals surface area contributed by atoms with Crippen molar-refractivity contribution in [2.75, 3.05) is 13.1 Å². The minimum Gasteiger partial charge on any atom is -0.467 e. The van der Waals surface area contributed by atoms with Crippen LogP contribution in [-0.2, 0) is 23.4 Å². The number of nitrogens with zero attached hydrogens (tertiary/aromatic N) is 4. The van der Waals surface area contributed by atoms with Gasteiger partial charge in [0.1, 0.15) is 11.3 Å². The molecule has 1 fully saturated rings. The Morgan fingerprint density at radius 1 is 1.19 bits per heavy atom. The average Bonchev–Trinajstić information content (AvgIpc) is 3.42. The Morgan fingerprint density at radius 2 is 2.07 bits per heavy atom. The summed E-state index contributed by atoms with van der Waals surface area (Å²) in [5.41, 5.74) is 0.573. The largest absolute Gasteiger partial charge is 0.467 e. The lowest BCUT2D eigenvalue weighted by Gasteiger charge is -2.41. The number of carbonyl (C=O) groups excluding carboxylic acids is 1. The summed E-state index contributed by atoms with van der Waals surface area (Å²) >= 11 is 0. The third kappa shape index (κ3) is 3.78. The molecule has 4 heterocycles. The molecule has 1 aliphatic heterocycles. The molecule has 4 rings (SSSR count). The monoisotopic (exact) mass is 365 g/mol. The maximum atomic E-state index is 13.1. The van der Waals surface area contributed by atoms with Crippen LogP contribution >= 0.6 is 0 Å². The molecule has 3 aromatic rings. The van der Waals surface area contributed by atoms with Crippen molar-refractivity contribution in [2.24, 2.45) is 0 Å². The zero-order valence-corrected chi connectivity index (χ0v) is 15.1. The Kier molecular flexibility index (Phi) is 5.02. The van der Waals surface area contributed by atoms with Crippen molar-refractivity contribution >= 4 is 5.91 Å². The van der Waals surface area contributed by atoms with Crippen molar-refractivity contribution in [3.8, 4) is 0 Å². The van der Waals surface area contributed by atoms with E-state index in [0.29, 0.717) is 6.54 Å². The lowest BCUT2D eigenvalue weighted by Crippen LogP contribution is -2.54. The van der Waals surface area contributed by atoms with Crippen LogP contribution in [0.4, 0.5) is 0 Å². The first-order chi connectivity index (χ1) is 13.3. The molecule has 0 saturated carbocycles. The molecule has 0 unspecified atom stereocenters. The van der Waals surface area contributed by atoms with E-state index >= 15 is 0 Å². The van der Waals surface area contributed by atoms with Crippen molar-refractivity contribution in [3.05, 3.63) is 73.0 Å². The highest BCUT2D eigenvalue weighted by molar-refractivity contribution is 5.84. The summed E-state index contributed by atoms with van der Waals surface area (Å²) in [5, 5.41) is 3.04. The van der Waals surface area contributed by atoms with Crippen molar-refractivity contribution in [3.63, 3.8) is 0 Å². The van der Waals surface area contributed by atoms with E-state index in [1.807, 2.05) is 35.2 Å². The zero-order valence-electron chi connectivity index (χ0n) is 15.1. The first-order valence-electron chi connectivity index (χ1n) is 9.17. The number of nitrogens with one attached hydrogen (secondary N) is 1. The number of likely N-dealkylation sites (tertiary alicyclic amines) is 1. The fourth-order valence-corrected chi connectivity index (χ4v) is 3.69. The lowest BCUT2D eigenvalue weighted by molar-refractivity contribution is -0.133. The molecule has 140 valence electrons. The van der Waals surface area contributed by atoms with E-state index in [9.17, 15) is 4.79 Å². The van der Waals surface area contributed by atoms with Crippen LogP contribution in [0.25, 0.3) is 0 Å². The van der Waals surface area contributed by atoms with Gasteiger partial charge in [0.2, 0.25) is 5.91 Å². The quantitative estimate of drug-likeness (QED) is 0.725. The van der Waals surface area contributed by atoms with Gasteiger partial charge in [0.25, 0.3) is 0 Å². The molecule has 0 radical (unpaired) electrons. The number of hydrogen-bond donors (Lipinski definition) is 1. The van der Waals surface area contributed by atoms with Gasteiger partial charge >= 0.3 is 0 Å². The van der Waals surface area contributed by atoms with E-state index in [2.05, 4.69) is 26.3 Å². The van der Waals surface area contributed by atoms with Crippen LogP contribution in [0, 0.1) is 0 Å². The lowest BCUT2D eigenvalue weighted by atomic mass is 9.85. The van der Waals surface area contributed by atoms with Crippen LogP contribution in [0.3, 0.4) is 0 Å². The number of furan rings is 1. The van der Waals surface area contributed by atoms with E-state index in [1.165, 1.54) is 5.56 Å².